The van der Waals surface area contributed by atoms with Gasteiger partial charge in [0, 0.05) is 17.3 Å². The second-order valence-electron chi connectivity index (χ2n) is 6.69. The fourth-order valence-electron chi connectivity index (χ4n) is 2.40. The third-order valence-corrected chi connectivity index (χ3v) is 3.43. The van der Waals surface area contributed by atoms with Crippen LogP contribution >= 0.6 is 0 Å². The quantitative estimate of drug-likeness (QED) is 0.719. The molecule has 0 bridgehead atoms. The van der Waals surface area contributed by atoms with Gasteiger partial charge in [-0.2, -0.15) is 0 Å². The molecule has 0 saturated carbocycles. The van der Waals surface area contributed by atoms with E-state index in [-0.39, 0.29) is 5.82 Å². The maximum absolute atomic E-state index is 13.2. The van der Waals surface area contributed by atoms with Gasteiger partial charge in [0.15, 0.2) is 0 Å². The van der Waals surface area contributed by atoms with Crippen LogP contribution in [0.5, 0.6) is 0 Å². The predicted molar refractivity (Wildman–Crippen MR) is 97.1 cm³/mol. The summed E-state index contributed by atoms with van der Waals surface area (Å²) in [5.74, 6) is 0.0509. The first-order valence-corrected chi connectivity index (χ1v) is 8.07. The number of nitrogens with zero attached hydrogens (tertiary/aromatic N) is 2. The molecule has 0 saturated heterocycles. The number of carbonyl (C=O) groups excluding carboxylic acids is 1. The summed E-state index contributed by atoms with van der Waals surface area (Å²) in [5, 5.41) is 2.61. The summed E-state index contributed by atoms with van der Waals surface area (Å²) < 4.78 is 18.4. The maximum Gasteiger partial charge on any atom is 0.413 e. The number of hydrogen-bond acceptors (Lipinski definition) is 4. The third kappa shape index (κ3) is 4.24. The number of pyridine rings is 1. The molecule has 1 amide bonds. The fraction of sp³-hybridized carbons (Fsp3) is 0.211. The number of carbonyl (C=O) groups is 1. The van der Waals surface area contributed by atoms with Crippen molar-refractivity contribution in [2.24, 2.45) is 0 Å². The van der Waals surface area contributed by atoms with Crippen molar-refractivity contribution < 1.29 is 13.9 Å². The Hall–Kier alpha value is -3.22. The Balaban J connectivity index is 1.86. The summed E-state index contributed by atoms with van der Waals surface area (Å²) >= 11 is 0. The number of imidazole rings is 1. The number of aromatic amines is 1. The zero-order valence-electron chi connectivity index (χ0n) is 14.7. The van der Waals surface area contributed by atoms with Crippen LogP contribution in [-0.4, -0.2) is 26.6 Å². The Labute approximate surface area is 150 Å². The van der Waals surface area contributed by atoms with Gasteiger partial charge in [-0.1, -0.05) is 0 Å². The first kappa shape index (κ1) is 17.6. The van der Waals surface area contributed by atoms with Crippen LogP contribution in [0.15, 0.2) is 48.9 Å². The molecule has 7 heteroatoms. The number of benzene rings is 1. The van der Waals surface area contributed by atoms with Crippen LogP contribution in [0.3, 0.4) is 0 Å². The van der Waals surface area contributed by atoms with Gasteiger partial charge >= 0.3 is 6.09 Å². The highest BCUT2D eigenvalue weighted by Crippen LogP contribution is 2.29. The minimum absolute atomic E-state index is 0.307. The van der Waals surface area contributed by atoms with Crippen molar-refractivity contribution in [3.63, 3.8) is 0 Å². The Morgan fingerprint density at radius 2 is 1.85 bits per heavy atom. The number of anilines is 1. The Kier molecular flexibility index (Phi) is 4.71. The van der Waals surface area contributed by atoms with Crippen molar-refractivity contribution in [3.8, 4) is 22.5 Å². The summed E-state index contributed by atoms with van der Waals surface area (Å²) in [5.41, 5.74) is 2.38. The third-order valence-electron chi connectivity index (χ3n) is 3.43. The molecule has 6 nitrogen and oxygen atoms in total. The Morgan fingerprint density at radius 1 is 1.12 bits per heavy atom. The predicted octanol–water partition coefficient (Wildman–Crippen LogP) is 4.62. The summed E-state index contributed by atoms with van der Waals surface area (Å²) in [6.45, 7) is 5.36. The fourth-order valence-corrected chi connectivity index (χ4v) is 2.40. The number of nitrogens with one attached hydrogen (secondary N) is 2. The van der Waals surface area contributed by atoms with Crippen LogP contribution in [0.25, 0.3) is 22.5 Å². The van der Waals surface area contributed by atoms with Crippen molar-refractivity contribution in [3.05, 3.63) is 54.7 Å². The lowest BCUT2D eigenvalue weighted by Crippen LogP contribution is -2.27. The van der Waals surface area contributed by atoms with Crippen LogP contribution in [-0.2, 0) is 4.74 Å². The van der Waals surface area contributed by atoms with Crippen molar-refractivity contribution in [1.82, 2.24) is 15.0 Å². The number of aromatic nitrogens is 3. The topological polar surface area (TPSA) is 79.9 Å². The molecule has 26 heavy (non-hydrogen) atoms. The van der Waals surface area contributed by atoms with E-state index >= 15 is 0 Å². The first-order chi connectivity index (χ1) is 12.3. The molecule has 3 aromatic rings. The molecule has 0 atom stereocenters. The van der Waals surface area contributed by atoms with Crippen LogP contribution in [0, 0.1) is 5.82 Å². The number of hydrogen-bond donors (Lipinski definition) is 2. The van der Waals surface area contributed by atoms with Gasteiger partial charge in [-0.05, 0) is 57.2 Å². The summed E-state index contributed by atoms with van der Waals surface area (Å²) in [6.07, 6.45) is 2.57. The molecule has 0 unspecified atom stereocenters. The second-order valence-corrected chi connectivity index (χ2v) is 6.69. The van der Waals surface area contributed by atoms with Gasteiger partial charge in [0.2, 0.25) is 0 Å². The highest BCUT2D eigenvalue weighted by atomic mass is 19.1. The second kappa shape index (κ2) is 6.95. The van der Waals surface area contributed by atoms with E-state index in [1.807, 2.05) is 0 Å². The molecule has 0 aliphatic carbocycles. The molecule has 0 fully saturated rings. The molecule has 0 spiro atoms. The largest absolute Gasteiger partial charge is 0.444 e. The van der Waals surface area contributed by atoms with Crippen LogP contribution in [0.4, 0.5) is 15.0 Å². The van der Waals surface area contributed by atoms with E-state index in [1.165, 1.54) is 12.1 Å². The Bertz CT molecular complexity index is 914. The minimum Gasteiger partial charge on any atom is -0.444 e. The Morgan fingerprint density at radius 3 is 2.54 bits per heavy atom. The number of amides is 1. The van der Waals surface area contributed by atoms with Gasteiger partial charge in [-0.3, -0.25) is 5.32 Å². The van der Waals surface area contributed by atoms with E-state index in [0.717, 1.165) is 16.8 Å². The standard InChI is InChI=1S/C19H19FN4O2/c1-19(2,3)26-18(25)24-15-10-13(8-9-21-15)17-16(22-11-23-17)12-4-6-14(20)7-5-12/h4-11H,1-3H3,(H,22,23)(H,21,24,25). The number of H-pyrrole nitrogens is 1. The monoisotopic (exact) mass is 354 g/mol. The zero-order chi connectivity index (χ0) is 18.7. The average Bonchev–Trinajstić information content (AvgIpc) is 3.03. The molecule has 2 heterocycles. The molecular formula is C19H19FN4O2. The molecule has 2 N–H and O–H groups in total. The first-order valence-electron chi connectivity index (χ1n) is 8.07. The normalized spacial score (nSPS) is 11.2. The van der Waals surface area contributed by atoms with Gasteiger partial charge in [0.05, 0.1) is 17.7 Å². The lowest BCUT2D eigenvalue weighted by Gasteiger charge is -2.19. The maximum atomic E-state index is 13.2. The van der Waals surface area contributed by atoms with E-state index < -0.39 is 11.7 Å². The molecule has 0 radical (unpaired) electrons. The van der Waals surface area contributed by atoms with E-state index in [4.69, 9.17) is 4.74 Å². The summed E-state index contributed by atoms with van der Waals surface area (Å²) in [7, 11) is 0. The SMILES string of the molecule is CC(C)(C)OC(=O)Nc1cc(-c2[nH]cnc2-c2ccc(F)cc2)ccn1. The van der Waals surface area contributed by atoms with Crippen LogP contribution in [0.2, 0.25) is 0 Å². The summed E-state index contributed by atoms with van der Waals surface area (Å²) in [6, 6.07) is 9.60. The van der Waals surface area contributed by atoms with E-state index in [2.05, 4.69) is 20.3 Å². The van der Waals surface area contributed by atoms with E-state index in [9.17, 15) is 9.18 Å². The van der Waals surface area contributed by atoms with Gasteiger partial charge in [-0.15, -0.1) is 0 Å². The molecule has 1 aromatic carbocycles. The van der Waals surface area contributed by atoms with E-state index in [1.54, 1.807) is 57.6 Å². The zero-order valence-corrected chi connectivity index (χ0v) is 14.7. The number of halogens is 1. The molecule has 0 aliphatic rings. The highest BCUT2D eigenvalue weighted by Gasteiger charge is 2.17. The van der Waals surface area contributed by atoms with E-state index in [0.29, 0.717) is 11.5 Å². The molecule has 134 valence electrons. The van der Waals surface area contributed by atoms with Crippen molar-refractivity contribution in [1.29, 1.82) is 0 Å². The average molecular weight is 354 g/mol. The van der Waals surface area contributed by atoms with Crippen LogP contribution in [0.1, 0.15) is 20.8 Å². The summed E-state index contributed by atoms with van der Waals surface area (Å²) in [4.78, 5) is 23.5. The van der Waals surface area contributed by atoms with Gasteiger partial charge in [0.1, 0.15) is 17.2 Å². The minimum atomic E-state index is -0.596. The molecular weight excluding hydrogens is 335 g/mol. The molecule has 2 aromatic heterocycles. The highest BCUT2D eigenvalue weighted by molar-refractivity contribution is 5.85. The number of rotatable bonds is 3. The van der Waals surface area contributed by atoms with Gasteiger partial charge in [-0.25, -0.2) is 19.2 Å². The van der Waals surface area contributed by atoms with Gasteiger partial charge < -0.3 is 9.72 Å². The lowest BCUT2D eigenvalue weighted by molar-refractivity contribution is 0.0635. The van der Waals surface area contributed by atoms with Crippen molar-refractivity contribution in [2.45, 2.75) is 26.4 Å². The molecule has 3 rings (SSSR count). The number of ether oxygens (including phenoxy) is 1. The lowest BCUT2D eigenvalue weighted by atomic mass is 10.1. The van der Waals surface area contributed by atoms with Gasteiger partial charge in [0.25, 0.3) is 0 Å². The molecule has 0 aliphatic heterocycles. The van der Waals surface area contributed by atoms with Crippen molar-refractivity contribution >= 4 is 11.9 Å². The van der Waals surface area contributed by atoms with Crippen molar-refractivity contribution in [2.75, 3.05) is 5.32 Å². The van der Waals surface area contributed by atoms with Crippen LogP contribution < -0.4 is 5.32 Å². The smallest absolute Gasteiger partial charge is 0.413 e.